The maximum Gasteiger partial charge on any atom is 0.326 e. The van der Waals surface area contributed by atoms with Crippen molar-refractivity contribution in [2.24, 2.45) is 29.2 Å². The molecule has 5 unspecified atom stereocenters. The van der Waals surface area contributed by atoms with Gasteiger partial charge in [-0.1, -0.05) is 48.0 Å². The molecule has 0 aromatic rings. The van der Waals surface area contributed by atoms with Crippen LogP contribution in [0.4, 0.5) is 0 Å². The molecule has 190 valence electrons. The van der Waals surface area contributed by atoms with Gasteiger partial charge in [-0.05, 0) is 30.6 Å². The van der Waals surface area contributed by atoms with Crippen LogP contribution in [0.15, 0.2) is 0 Å². The lowest BCUT2D eigenvalue weighted by Gasteiger charge is -2.28. The van der Waals surface area contributed by atoms with Gasteiger partial charge in [-0.15, -0.1) is 0 Å². The third kappa shape index (κ3) is 11.1. The molecule has 0 aliphatic heterocycles. The summed E-state index contributed by atoms with van der Waals surface area (Å²) in [5.41, 5.74) is 11.0. The monoisotopic (exact) mass is 471 g/mol. The average Bonchev–Trinajstić information content (AvgIpc) is 2.71. The third-order valence-corrected chi connectivity index (χ3v) is 5.45. The van der Waals surface area contributed by atoms with Crippen molar-refractivity contribution in [2.75, 3.05) is 0 Å². The molecule has 33 heavy (non-hydrogen) atoms. The topological polar surface area (TPSA) is 194 Å². The van der Waals surface area contributed by atoms with Crippen LogP contribution in [0.2, 0.25) is 0 Å². The summed E-state index contributed by atoms with van der Waals surface area (Å²) in [5.74, 6) is -4.18. The quantitative estimate of drug-likeness (QED) is 0.191. The molecule has 0 aromatic heterocycles. The molecule has 8 N–H and O–H groups in total. The van der Waals surface area contributed by atoms with E-state index in [4.69, 9.17) is 11.5 Å². The number of hydrogen-bond donors (Lipinski definition) is 6. The van der Waals surface area contributed by atoms with Gasteiger partial charge in [0.1, 0.15) is 18.1 Å². The molecule has 0 saturated carbocycles. The zero-order chi connectivity index (χ0) is 25.9. The second kappa shape index (κ2) is 14.5. The van der Waals surface area contributed by atoms with Gasteiger partial charge >= 0.3 is 5.97 Å². The van der Waals surface area contributed by atoms with Crippen LogP contribution < -0.4 is 27.4 Å². The van der Waals surface area contributed by atoms with Crippen molar-refractivity contribution in [1.29, 1.82) is 0 Å². The van der Waals surface area contributed by atoms with Gasteiger partial charge in [0.2, 0.25) is 23.6 Å². The number of primary amides is 1. The number of carboxylic acid groups (broad SMARTS) is 1. The smallest absolute Gasteiger partial charge is 0.326 e. The predicted octanol–water partition coefficient (Wildman–Crippen LogP) is -0.134. The molecule has 0 bridgehead atoms. The van der Waals surface area contributed by atoms with E-state index in [0.29, 0.717) is 6.42 Å². The van der Waals surface area contributed by atoms with Crippen molar-refractivity contribution in [3.8, 4) is 0 Å². The van der Waals surface area contributed by atoms with Crippen LogP contribution >= 0.6 is 0 Å². The lowest BCUT2D eigenvalue weighted by molar-refractivity contribution is -0.143. The van der Waals surface area contributed by atoms with Crippen LogP contribution in [0.3, 0.4) is 0 Å². The zero-order valence-electron chi connectivity index (χ0n) is 20.5. The Kier molecular flexibility index (Phi) is 13.3. The Morgan fingerprint density at radius 2 is 1.39 bits per heavy atom. The fourth-order valence-corrected chi connectivity index (χ4v) is 3.04. The second-order valence-electron chi connectivity index (χ2n) is 9.24. The normalized spacial score (nSPS) is 15.8. The average molecular weight is 472 g/mol. The van der Waals surface area contributed by atoms with Crippen molar-refractivity contribution in [3.05, 3.63) is 0 Å². The molecule has 0 aromatic carbocycles. The second-order valence-corrected chi connectivity index (χ2v) is 9.24. The highest BCUT2D eigenvalue weighted by Crippen LogP contribution is 2.12. The fourth-order valence-electron chi connectivity index (χ4n) is 3.04. The Morgan fingerprint density at radius 3 is 1.82 bits per heavy atom. The molecule has 0 aliphatic rings. The molecule has 0 rings (SSSR count). The Hall–Kier alpha value is -2.69. The number of nitrogens with two attached hydrogens (primary N) is 2. The summed E-state index contributed by atoms with van der Waals surface area (Å²) in [6, 6.07) is -4.14. The zero-order valence-corrected chi connectivity index (χ0v) is 20.5. The van der Waals surface area contributed by atoms with E-state index >= 15 is 0 Å². The SMILES string of the molecule is CCC(C)C(NC(=O)C(CCC(N)=O)NC(=O)C(N)C(C)C)C(=O)NC(CC(C)C)C(=O)O. The molecule has 0 spiro atoms. The molecular formula is C22H41N5O6. The van der Waals surface area contributed by atoms with Gasteiger partial charge in [0.05, 0.1) is 6.04 Å². The molecule has 0 fully saturated rings. The van der Waals surface area contributed by atoms with E-state index < -0.39 is 53.8 Å². The van der Waals surface area contributed by atoms with Crippen LogP contribution in [0.1, 0.15) is 67.2 Å². The molecule has 0 saturated heterocycles. The minimum absolute atomic E-state index is 0.0293. The van der Waals surface area contributed by atoms with Crippen LogP contribution in [0, 0.1) is 17.8 Å². The maximum atomic E-state index is 13.0. The van der Waals surface area contributed by atoms with E-state index in [1.54, 1.807) is 20.8 Å². The Morgan fingerprint density at radius 1 is 0.848 bits per heavy atom. The minimum Gasteiger partial charge on any atom is -0.480 e. The highest BCUT2D eigenvalue weighted by molar-refractivity contribution is 5.94. The lowest BCUT2D eigenvalue weighted by Crippen LogP contribution is -2.59. The summed E-state index contributed by atoms with van der Waals surface area (Å²) in [6.45, 7) is 10.8. The Balaban J connectivity index is 5.63. The van der Waals surface area contributed by atoms with Crippen LogP contribution in [0.5, 0.6) is 0 Å². The minimum atomic E-state index is -1.17. The van der Waals surface area contributed by atoms with E-state index in [1.807, 2.05) is 20.8 Å². The third-order valence-electron chi connectivity index (χ3n) is 5.45. The number of aliphatic carboxylic acids is 1. The summed E-state index contributed by atoms with van der Waals surface area (Å²) in [7, 11) is 0. The van der Waals surface area contributed by atoms with E-state index in [9.17, 15) is 29.1 Å². The molecule has 11 nitrogen and oxygen atoms in total. The van der Waals surface area contributed by atoms with Gasteiger partial charge in [0.25, 0.3) is 0 Å². The number of nitrogens with one attached hydrogen (secondary N) is 3. The van der Waals surface area contributed by atoms with E-state index in [0.717, 1.165) is 0 Å². The van der Waals surface area contributed by atoms with Gasteiger partial charge in [0, 0.05) is 6.42 Å². The highest BCUT2D eigenvalue weighted by atomic mass is 16.4. The Bertz CT molecular complexity index is 697. The summed E-state index contributed by atoms with van der Waals surface area (Å²) < 4.78 is 0. The van der Waals surface area contributed by atoms with Gasteiger partial charge < -0.3 is 32.5 Å². The van der Waals surface area contributed by atoms with Gasteiger partial charge in [0.15, 0.2) is 0 Å². The first-order valence-electron chi connectivity index (χ1n) is 11.4. The van der Waals surface area contributed by atoms with Crippen LogP contribution in [-0.4, -0.2) is 58.9 Å². The first-order valence-corrected chi connectivity index (χ1v) is 11.4. The maximum absolute atomic E-state index is 13.0. The van der Waals surface area contributed by atoms with E-state index in [1.165, 1.54) is 0 Å². The number of carboxylic acids is 1. The summed E-state index contributed by atoms with van der Waals surface area (Å²) in [6.07, 6.45) is 0.520. The number of amides is 4. The highest BCUT2D eigenvalue weighted by Gasteiger charge is 2.33. The molecule has 0 radical (unpaired) electrons. The molecule has 5 atom stereocenters. The van der Waals surface area contributed by atoms with E-state index in [2.05, 4.69) is 16.0 Å². The summed E-state index contributed by atoms with van der Waals surface area (Å²) in [5, 5.41) is 17.1. The molecule has 0 heterocycles. The van der Waals surface area contributed by atoms with Crippen molar-refractivity contribution in [1.82, 2.24) is 16.0 Å². The van der Waals surface area contributed by atoms with Crippen molar-refractivity contribution >= 4 is 29.6 Å². The van der Waals surface area contributed by atoms with Crippen molar-refractivity contribution in [3.63, 3.8) is 0 Å². The Labute approximate surface area is 195 Å². The van der Waals surface area contributed by atoms with Gasteiger partial charge in [-0.2, -0.15) is 0 Å². The van der Waals surface area contributed by atoms with Crippen molar-refractivity contribution in [2.45, 2.75) is 91.4 Å². The van der Waals surface area contributed by atoms with Crippen LogP contribution in [0.25, 0.3) is 0 Å². The van der Waals surface area contributed by atoms with Crippen molar-refractivity contribution < 1.29 is 29.1 Å². The molecular weight excluding hydrogens is 430 g/mol. The first-order chi connectivity index (χ1) is 15.2. The predicted molar refractivity (Wildman–Crippen MR) is 124 cm³/mol. The van der Waals surface area contributed by atoms with Gasteiger partial charge in [-0.25, -0.2) is 4.79 Å². The number of carbonyl (C=O) groups is 5. The molecule has 4 amide bonds. The largest absolute Gasteiger partial charge is 0.480 e. The lowest BCUT2D eigenvalue weighted by atomic mass is 9.96. The van der Waals surface area contributed by atoms with Crippen LogP contribution in [-0.2, 0) is 24.0 Å². The standard InChI is InChI=1S/C22H41N5O6/c1-7-13(6)18(21(31)26-15(22(32)33)10-11(2)3)27-19(29)14(8-9-16(23)28)25-20(30)17(24)12(4)5/h11-15,17-18H,7-10,24H2,1-6H3,(H2,23,28)(H,25,30)(H,26,31)(H,27,29)(H,32,33). The summed E-state index contributed by atoms with van der Waals surface area (Å²) in [4.78, 5) is 61.1. The van der Waals surface area contributed by atoms with Gasteiger partial charge in [-0.3, -0.25) is 19.2 Å². The molecule has 0 aliphatic carbocycles. The summed E-state index contributed by atoms with van der Waals surface area (Å²) >= 11 is 0. The number of hydrogen-bond acceptors (Lipinski definition) is 6. The molecule has 11 heteroatoms. The number of rotatable bonds is 15. The number of carbonyl (C=O) groups excluding carboxylic acids is 4. The van der Waals surface area contributed by atoms with E-state index in [-0.39, 0.29) is 37.0 Å². The fraction of sp³-hybridized carbons (Fsp3) is 0.773. The first kappa shape index (κ1) is 30.3.